The summed E-state index contributed by atoms with van der Waals surface area (Å²) in [5.41, 5.74) is 0.0255. The van der Waals surface area contributed by atoms with Gasteiger partial charge in [0.05, 0.1) is 12.5 Å². The van der Waals surface area contributed by atoms with Crippen molar-refractivity contribution in [1.82, 2.24) is 20.6 Å². The lowest BCUT2D eigenvalue weighted by molar-refractivity contribution is -0.156. The molecule has 4 amide bonds. The van der Waals surface area contributed by atoms with Crippen LogP contribution < -0.4 is 15.4 Å². The van der Waals surface area contributed by atoms with Gasteiger partial charge in [-0.05, 0) is 42.0 Å². The number of rotatable bonds is 11. The van der Waals surface area contributed by atoms with Crippen LogP contribution in [0.5, 0.6) is 5.75 Å². The molecule has 3 N–H and O–H groups in total. The van der Waals surface area contributed by atoms with Crippen LogP contribution in [-0.2, 0) is 14.4 Å². The summed E-state index contributed by atoms with van der Waals surface area (Å²) in [6.45, 7) is 6.67. The minimum absolute atomic E-state index is 0.0581. The topological polar surface area (TPSA) is 128 Å². The normalized spacial score (nSPS) is 18.2. The monoisotopic (exact) mass is 544 g/mol. The second kappa shape index (κ2) is 13.8. The van der Waals surface area contributed by atoms with Crippen LogP contribution in [0.1, 0.15) is 76.1 Å². The van der Waals surface area contributed by atoms with E-state index in [1.807, 2.05) is 20.8 Å². The van der Waals surface area contributed by atoms with E-state index in [1.54, 1.807) is 36.2 Å². The summed E-state index contributed by atoms with van der Waals surface area (Å²) in [6.07, 6.45) is 6.45. The number of hydrogen-bond acceptors (Lipinski definition) is 6. The summed E-state index contributed by atoms with van der Waals surface area (Å²) >= 11 is 0. The van der Waals surface area contributed by atoms with Crippen LogP contribution in [-0.4, -0.2) is 78.1 Å². The molecule has 10 heteroatoms. The van der Waals surface area contributed by atoms with Gasteiger partial charge in [-0.25, -0.2) is 5.06 Å². The number of nitrogens with zero attached hydrogens (tertiary/aromatic N) is 2. The Labute approximate surface area is 231 Å². The largest absolute Gasteiger partial charge is 0.490 e. The van der Waals surface area contributed by atoms with Crippen LogP contribution in [0.25, 0.3) is 0 Å². The molecule has 1 aliphatic heterocycles. The van der Waals surface area contributed by atoms with Crippen molar-refractivity contribution >= 4 is 24.1 Å². The molecule has 39 heavy (non-hydrogen) atoms. The van der Waals surface area contributed by atoms with Gasteiger partial charge in [0, 0.05) is 38.5 Å². The molecule has 2 atom stereocenters. The lowest BCUT2D eigenvalue weighted by Gasteiger charge is -2.39. The smallest absolute Gasteiger partial charge is 0.251 e. The quantitative estimate of drug-likeness (QED) is 0.223. The molecule has 216 valence electrons. The Bertz CT molecular complexity index is 978. The van der Waals surface area contributed by atoms with Gasteiger partial charge in [0.25, 0.3) is 5.91 Å². The molecule has 3 rings (SSSR count). The summed E-state index contributed by atoms with van der Waals surface area (Å²) in [6, 6.07) is 6.23. The Morgan fingerprint density at radius 3 is 2.26 bits per heavy atom. The van der Waals surface area contributed by atoms with Crippen LogP contribution in [0, 0.1) is 17.3 Å². The van der Waals surface area contributed by atoms with E-state index >= 15 is 0 Å². The lowest BCUT2D eigenvalue weighted by atomic mass is 9.84. The van der Waals surface area contributed by atoms with Crippen molar-refractivity contribution in [2.45, 2.75) is 77.9 Å². The Morgan fingerprint density at radius 1 is 1.10 bits per heavy atom. The molecule has 0 bridgehead atoms. The molecule has 2 fully saturated rings. The molecule has 1 saturated carbocycles. The van der Waals surface area contributed by atoms with Crippen LogP contribution in [0.4, 0.5) is 0 Å². The first-order valence-corrected chi connectivity index (χ1v) is 14.0. The second-order valence-corrected chi connectivity index (χ2v) is 11.9. The second-order valence-electron chi connectivity index (χ2n) is 11.9. The van der Waals surface area contributed by atoms with Crippen molar-refractivity contribution in [3.63, 3.8) is 0 Å². The predicted octanol–water partition coefficient (Wildman–Crippen LogP) is 2.99. The number of carbonyl (C=O) groups is 4. The SMILES string of the molecule is CNC(=O)c1ccc(OC2CCN(C(=O)[C@@H](NC(=O)[C@H](CC3CCCC3)CN(O)C=O)C(C)(C)C)CC2)cc1. The number of amides is 4. The van der Waals surface area contributed by atoms with Gasteiger partial charge in [-0.3, -0.25) is 24.4 Å². The van der Waals surface area contributed by atoms with Gasteiger partial charge in [0.15, 0.2) is 0 Å². The maximum absolute atomic E-state index is 13.6. The highest BCUT2D eigenvalue weighted by Gasteiger charge is 2.39. The van der Waals surface area contributed by atoms with Gasteiger partial charge in [-0.2, -0.15) is 0 Å². The molecule has 0 unspecified atom stereocenters. The fourth-order valence-corrected chi connectivity index (χ4v) is 5.49. The van der Waals surface area contributed by atoms with Crippen molar-refractivity contribution in [2.75, 3.05) is 26.7 Å². The number of benzene rings is 1. The molecule has 0 aromatic heterocycles. The number of hydroxylamine groups is 2. The average Bonchev–Trinajstić information content (AvgIpc) is 3.43. The molecular weight excluding hydrogens is 500 g/mol. The first-order valence-electron chi connectivity index (χ1n) is 14.0. The predicted molar refractivity (Wildman–Crippen MR) is 146 cm³/mol. The Balaban J connectivity index is 1.60. The van der Waals surface area contributed by atoms with E-state index < -0.39 is 17.4 Å². The Hall–Kier alpha value is -3.14. The van der Waals surface area contributed by atoms with Gasteiger partial charge < -0.3 is 20.3 Å². The van der Waals surface area contributed by atoms with E-state index in [4.69, 9.17) is 4.74 Å². The standard InChI is InChI=1S/C29H44N4O6/c1-29(2,3)25(31-27(36)22(18-33(38)19-34)17-20-7-5-6-8-20)28(37)32-15-13-24(14-16-32)39-23-11-9-21(10-12-23)26(35)30-4/h9-12,19-20,22,24-25,38H,5-8,13-18H2,1-4H3,(H,30,35)(H,31,36)/t22-,25-/m1/s1. The van der Waals surface area contributed by atoms with Crippen LogP contribution in [0.3, 0.4) is 0 Å². The third kappa shape index (κ3) is 8.68. The molecule has 0 radical (unpaired) electrons. The fourth-order valence-electron chi connectivity index (χ4n) is 5.49. The zero-order valence-corrected chi connectivity index (χ0v) is 23.7. The summed E-state index contributed by atoms with van der Waals surface area (Å²) in [5.74, 6) is -0.141. The van der Waals surface area contributed by atoms with E-state index in [1.165, 1.54) is 0 Å². The van der Waals surface area contributed by atoms with Crippen molar-refractivity contribution in [2.24, 2.45) is 17.3 Å². The first kappa shape index (κ1) is 30.4. The number of piperidine rings is 1. The molecule has 1 aromatic carbocycles. The third-order valence-corrected chi connectivity index (χ3v) is 7.79. The summed E-state index contributed by atoms with van der Waals surface area (Å²) in [7, 11) is 1.59. The van der Waals surface area contributed by atoms with Gasteiger partial charge in [-0.15, -0.1) is 0 Å². The zero-order chi connectivity index (χ0) is 28.6. The van der Waals surface area contributed by atoms with Gasteiger partial charge in [0.2, 0.25) is 18.2 Å². The van der Waals surface area contributed by atoms with Crippen LogP contribution in [0.15, 0.2) is 24.3 Å². The zero-order valence-electron chi connectivity index (χ0n) is 23.7. The van der Waals surface area contributed by atoms with Crippen molar-refractivity contribution in [3.8, 4) is 5.75 Å². The Morgan fingerprint density at radius 2 is 1.72 bits per heavy atom. The highest BCUT2D eigenvalue weighted by molar-refractivity contribution is 5.94. The molecule has 1 heterocycles. The van der Waals surface area contributed by atoms with E-state index in [9.17, 15) is 24.4 Å². The molecule has 10 nitrogen and oxygen atoms in total. The Kier molecular flexibility index (Phi) is 10.7. The maximum atomic E-state index is 13.6. The number of ether oxygens (including phenoxy) is 1. The van der Waals surface area contributed by atoms with E-state index in [0.717, 1.165) is 25.7 Å². The van der Waals surface area contributed by atoms with Crippen molar-refractivity contribution < 1.29 is 29.1 Å². The summed E-state index contributed by atoms with van der Waals surface area (Å²) in [4.78, 5) is 51.6. The third-order valence-electron chi connectivity index (χ3n) is 7.79. The van der Waals surface area contributed by atoms with Gasteiger partial charge in [0.1, 0.15) is 17.9 Å². The number of likely N-dealkylation sites (tertiary alicyclic amines) is 1. The molecular formula is C29H44N4O6. The fraction of sp³-hybridized carbons (Fsp3) is 0.655. The molecule has 1 aromatic rings. The highest BCUT2D eigenvalue weighted by atomic mass is 16.5. The minimum atomic E-state index is -0.742. The lowest BCUT2D eigenvalue weighted by Crippen LogP contribution is -2.58. The summed E-state index contributed by atoms with van der Waals surface area (Å²) < 4.78 is 6.09. The van der Waals surface area contributed by atoms with E-state index in [0.29, 0.717) is 61.1 Å². The van der Waals surface area contributed by atoms with Crippen molar-refractivity contribution in [1.29, 1.82) is 0 Å². The van der Waals surface area contributed by atoms with E-state index in [2.05, 4.69) is 10.6 Å². The van der Waals surface area contributed by atoms with Gasteiger partial charge >= 0.3 is 0 Å². The summed E-state index contributed by atoms with van der Waals surface area (Å²) in [5, 5.41) is 15.9. The molecule has 0 spiro atoms. The molecule has 1 saturated heterocycles. The first-order chi connectivity index (χ1) is 18.5. The number of nitrogens with one attached hydrogen (secondary N) is 2. The highest BCUT2D eigenvalue weighted by Crippen LogP contribution is 2.31. The molecule has 1 aliphatic carbocycles. The maximum Gasteiger partial charge on any atom is 0.251 e. The van der Waals surface area contributed by atoms with Gasteiger partial charge in [-0.1, -0.05) is 46.5 Å². The van der Waals surface area contributed by atoms with E-state index in [-0.39, 0.29) is 30.4 Å². The minimum Gasteiger partial charge on any atom is -0.490 e. The average molecular weight is 545 g/mol. The number of carbonyl (C=O) groups excluding carboxylic acids is 4. The molecule has 2 aliphatic rings. The van der Waals surface area contributed by atoms with Crippen molar-refractivity contribution in [3.05, 3.63) is 29.8 Å². The van der Waals surface area contributed by atoms with Crippen LogP contribution >= 0.6 is 0 Å². The van der Waals surface area contributed by atoms with Crippen LogP contribution in [0.2, 0.25) is 0 Å². The number of hydrogen-bond donors (Lipinski definition) is 3.